The zero-order valence-electron chi connectivity index (χ0n) is 36.1. The van der Waals surface area contributed by atoms with Crippen molar-refractivity contribution in [3.8, 4) is 12.3 Å². The van der Waals surface area contributed by atoms with Gasteiger partial charge in [0.15, 0.2) is 12.6 Å². The Bertz CT molecular complexity index is 1320. The minimum Gasteiger partial charge on any atom is -0.459 e. The molecule has 0 saturated carbocycles. The molecule has 3 aliphatic rings. The van der Waals surface area contributed by atoms with E-state index in [1.807, 2.05) is 50.7 Å². The number of aliphatic hydroxyl groups is 5. The summed E-state index contributed by atoms with van der Waals surface area (Å²) < 4.78 is 37.8. The Morgan fingerprint density at radius 3 is 2.25 bits per heavy atom. The molecule has 3 fully saturated rings. The van der Waals surface area contributed by atoms with Gasteiger partial charge in [0.05, 0.1) is 41.5 Å². The van der Waals surface area contributed by atoms with Gasteiger partial charge < -0.3 is 58.9 Å². The highest BCUT2D eigenvalue weighted by atomic mass is 16.7. The maximum atomic E-state index is 14.3. The number of methoxy groups -OCH3 is 1. The third kappa shape index (κ3) is 11.3. The number of likely N-dealkylation sites (N-methyl/N-ethyl adjacent to an activating group) is 2. The number of terminal acetylenes is 1. The molecule has 18 atom stereocenters. The van der Waals surface area contributed by atoms with E-state index in [0.29, 0.717) is 19.5 Å². The fraction of sp³-hybridized carbons (Fsp3) is 0.881. The van der Waals surface area contributed by atoms with Crippen molar-refractivity contribution >= 4 is 5.97 Å². The predicted octanol–water partition coefficient (Wildman–Crippen LogP) is 2.46. The van der Waals surface area contributed by atoms with Crippen molar-refractivity contribution in [2.45, 2.75) is 185 Å². The van der Waals surface area contributed by atoms with Crippen molar-refractivity contribution in [3.05, 3.63) is 12.2 Å². The van der Waals surface area contributed by atoms with E-state index in [9.17, 15) is 30.3 Å². The minimum absolute atomic E-state index is 0.117. The fourth-order valence-electron chi connectivity index (χ4n) is 9.08. The molecule has 56 heavy (non-hydrogen) atoms. The maximum absolute atomic E-state index is 14.3. The van der Waals surface area contributed by atoms with Gasteiger partial charge in [0, 0.05) is 44.6 Å². The molecule has 3 saturated heterocycles. The Kier molecular flexibility index (Phi) is 17.4. The van der Waals surface area contributed by atoms with E-state index in [1.165, 1.54) is 14.0 Å². The lowest BCUT2D eigenvalue weighted by atomic mass is 9.77. The van der Waals surface area contributed by atoms with Gasteiger partial charge in [-0.2, -0.15) is 0 Å². The van der Waals surface area contributed by atoms with E-state index >= 15 is 0 Å². The van der Waals surface area contributed by atoms with Crippen molar-refractivity contribution in [2.75, 3.05) is 34.3 Å². The zero-order valence-corrected chi connectivity index (χ0v) is 36.1. The highest BCUT2D eigenvalue weighted by Crippen LogP contribution is 2.40. The molecule has 0 amide bonds. The summed E-state index contributed by atoms with van der Waals surface area (Å²) in [5.74, 6) is -0.198. The van der Waals surface area contributed by atoms with Crippen LogP contribution in [0.2, 0.25) is 0 Å². The Balaban J connectivity index is 2.17. The summed E-state index contributed by atoms with van der Waals surface area (Å²) in [5.41, 5.74) is -4.45. The van der Waals surface area contributed by atoms with Gasteiger partial charge in [-0.15, -0.1) is 6.42 Å². The number of cyclic esters (lactones) is 1. The number of aliphatic hydroxyl groups excluding tert-OH is 3. The van der Waals surface area contributed by atoms with Crippen LogP contribution in [0, 0.1) is 30.1 Å². The van der Waals surface area contributed by atoms with Gasteiger partial charge in [0.2, 0.25) is 0 Å². The lowest BCUT2D eigenvalue weighted by Crippen LogP contribution is -2.60. The van der Waals surface area contributed by atoms with Crippen LogP contribution >= 0.6 is 0 Å². The molecule has 0 aromatic rings. The van der Waals surface area contributed by atoms with E-state index in [1.54, 1.807) is 47.6 Å². The first kappa shape index (κ1) is 48.7. The average Bonchev–Trinajstić information content (AvgIpc) is 3.12. The first-order chi connectivity index (χ1) is 25.9. The molecule has 324 valence electrons. The molecule has 14 heteroatoms. The Morgan fingerprint density at radius 1 is 1.02 bits per heavy atom. The maximum Gasteiger partial charge on any atom is 0.311 e. The second-order valence-corrected chi connectivity index (χ2v) is 17.7. The quantitative estimate of drug-likeness (QED) is 0.170. The summed E-state index contributed by atoms with van der Waals surface area (Å²) in [6.45, 7) is 18.4. The predicted molar refractivity (Wildman–Crippen MR) is 211 cm³/mol. The number of hydrogen-bond donors (Lipinski definition) is 5. The topological polar surface area (TPSA) is 180 Å². The number of allylic oxidation sites excluding steroid dienone is 1. The van der Waals surface area contributed by atoms with Crippen LogP contribution < -0.4 is 0 Å². The van der Waals surface area contributed by atoms with E-state index in [4.69, 9.17) is 34.8 Å². The summed E-state index contributed by atoms with van der Waals surface area (Å²) >= 11 is 0. The number of nitrogens with zero attached hydrogens (tertiary/aromatic N) is 2. The SMILES string of the molecule is C#CC=CCN(C)[C@H]1C[C@@H](C)O[C@@H](O[C@@H]2[C@@H](C)[C@H](O[C@@H]3C[C@@](C)(OC)[C@@H](O)[C@H](C)O3)[C@@H](C)C(=O)O[C@H](CC)[C@@](C)(O)[C@H](O)[C@@H](C)N(C)C[C@H](C)C[C@@]2(C)O)[C@@H]1O. The molecule has 0 radical (unpaired) electrons. The zero-order chi connectivity index (χ0) is 42.5. The smallest absolute Gasteiger partial charge is 0.311 e. The number of ether oxygens (including phenoxy) is 6. The molecule has 0 unspecified atom stereocenters. The van der Waals surface area contributed by atoms with E-state index in [-0.39, 0.29) is 37.3 Å². The minimum atomic E-state index is -1.82. The van der Waals surface area contributed by atoms with Crippen LogP contribution in [0.1, 0.15) is 94.9 Å². The number of carbonyl (C=O) groups excluding carboxylic acids is 1. The number of rotatable bonds is 9. The average molecular weight is 799 g/mol. The third-order valence-corrected chi connectivity index (χ3v) is 12.7. The van der Waals surface area contributed by atoms with Crippen molar-refractivity contribution in [1.82, 2.24) is 9.80 Å². The molecule has 0 aromatic heterocycles. The molecule has 5 N–H and O–H groups in total. The van der Waals surface area contributed by atoms with Gasteiger partial charge in [0.25, 0.3) is 0 Å². The normalized spacial score (nSPS) is 46.9. The van der Waals surface area contributed by atoms with Crippen LogP contribution in [0.5, 0.6) is 0 Å². The molecular weight excluding hydrogens is 724 g/mol. The molecule has 3 heterocycles. The van der Waals surface area contributed by atoms with Crippen molar-refractivity contribution in [2.24, 2.45) is 17.8 Å². The van der Waals surface area contributed by atoms with Gasteiger partial charge in [-0.05, 0) is 93.8 Å². The summed E-state index contributed by atoms with van der Waals surface area (Å²) in [5, 5.41) is 58.7. The second-order valence-electron chi connectivity index (χ2n) is 17.7. The van der Waals surface area contributed by atoms with E-state index in [2.05, 4.69) is 5.92 Å². The Morgan fingerprint density at radius 2 is 1.66 bits per heavy atom. The molecule has 3 rings (SSSR count). The number of carbonyl (C=O) groups is 1. The van der Waals surface area contributed by atoms with Crippen LogP contribution in [-0.4, -0.2) is 166 Å². The molecule has 0 bridgehead atoms. The van der Waals surface area contributed by atoms with Gasteiger partial charge >= 0.3 is 5.97 Å². The van der Waals surface area contributed by atoms with Gasteiger partial charge in [-0.25, -0.2) is 0 Å². The molecule has 0 spiro atoms. The van der Waals surface area contributed by atoms with Crippen molar-refractivity contribution < 1.29 is 58.7 Å². The fourth-order valence-corrected chi connectivity index (χ4v) is 9.08. The first-order valence-electron chi connectivity index (χ1n) is 20.3. The number of hydrogen-bond acceptors (Lipinski definition) is 14. The highest BCUT2D eigenvalue weighted by Gasteiger charge is 2.52. The van der Waals surface area contributed by atoms with Crippen LogP contribution in [0.15, 0.2) is 12.2 Å². The summed E-state index contributed by atoms with van der Waals surface area (Å²) in [6, 6.07) is -0.925. The van der Waals surface area contributed by atoms with E-state index in [0.717, 1.165) is 0 Å². The highest BCUT2D eigenvalue weighted by molar-refractivity contribution is 5.73. The molecule has 0 aromatic carbocycles. The Hall–Kier alpha value is -1.71. The van der Waals surface area contributed by atoms with Crippen LogP contribution in [0.25, 0.3) is 0 Å². The largest absolute Gasteiger partial charge is 0.459 e. The van der Waals surface area contributed by atoms with E-state index < -0.39 is 96.0 Å². The van der Waals surface area contributed by atoms with Crippen molar-refractivity contribution in [3.63, 3.8) is 0 Å². The lowest BCUT2D eigenvalue weighted by molar-refractivity contribution is -0.318. The van der Waals surface area contributed by atoms with Crippen LogP contribution in [0.4, 0.5) is 0 Å². The number of esters is 1. The lowest BCUT2D eigenvalue weighted by Gasteiger charge is -2.49. The summed E-state index contributed by atoms with van der Waals surface area (Å²) in [7, 11) is 5.22. The van der Waals surface area contributed by atoms with Crippen LogP contribution in [-0.2, 0) is 33.2 Å². The van der Waals surface area contributed by atoms with Gasteiger partial charge in [-0.1, -0.05) is 32.8 Å². The third-order valence-electron chi connectivity index (χ3n) is 12.7. The molecule has 14 nitrogen and oxygen atoms in total. The van der Waals surface area contributed by atoms with Crippen LogP contribution in [0.3, 0.4) is 0 Å². The summed E-state index contributed by atoms with van der Waals surface area (Å²) in [4.78, 5) is 18.2. The molecule has 3 aliphatic heterocycles. The van der Waals surface area contributed by atoms with Gasteiger partial charge in [0.1, 0.15) is 30.0 Å². The van der Waals surface area contributed by atoms with Crippen molar-refractivity contribution in [1.29, 1.82) is 0 Å². The second kappa shape index (κ2) is 20.0. The monoisotopic (exact) mass is 799 g/mol. The molecular formula is C42H74N2O12. The first-order valence-corrected chi connectivity index (χ1v) is 20.3. The standard InChI is InChI=1S/C42H74N2O12/c1-15-17-18-19-43(12)30-20-25(4)52-39(33(30)45)56-37-26(5)34(55-32-22-41(10,51-14)36(47)29(8)53-32)27(6)38(48)54-31(16-2)42(11,50)35(46)28(7)44(13)23-24(3)21-40(37,9)49/h1,17-18,24-37,39,45-47,49-50H,16,19-23H2,2-14H3/t24-,25-,26+,27-,28-,29+,30+,31-,32-,33-,34+,35-,36+,37-,39+,40-,41-,42-/m1/s1. The molecule has 0 aliphatic carbocycles. The summed E-state index contributed by atoms with van der Waals surface area (Å²) in [6.07, 6.45) is 0.187. The Labute approximate surface area is 335 Å². The van der Waals surface area contributed by atoms with Gasteiger partial charge in [-0.3, -0.25) is 9.69 Å².